The fourth-order valence-electron chi connectivity index (χ4n) is 6.70. The molecule has 5 atom stereocenters. The molecule has 0 saturated heterocycles. The number of aromatic hydroxyl groups is 1. The highest BCUT2D eigenvalue weighted by atomic mass is 16.5. The Hall–Kier alpha value is -3.57. The predicted octanol–water partition coefficient (Wildman–Crippen LogP) is 1.27. The number of phenolic OH excluding ortho intramolecular Hbond substituents is 1. The summed E-state index contributed by atoms with van der Waals surface area (Å²) in [5, 5.41) is 45.1. The van der Waals surface area contributed by atoms with Crippen LogP contribution in [0.15, 0.2) is 23.0 Å². The van der Waals surface area contributed by atoms with Gasteiger partial charge in [-0.25, -0.2) is 4.79 Å². The number of carbonyl (C=O) groups excluding carboxylic acids is 3. The van der Waals surface area contributed by atoms with E-state index >= 15 is 0 Å². The third kappa shape index (κ3) is 3.83. The molecule has 11 heteroatoms. The summed E-state index contributed by atoms with van der Waals surface area (Å²) in [6, 6.07) is 0.726. The fraction of sp³-hybridized carbons (Fsp3) is 0.519. The van der Waals surface area contributed by atoms with Crippen molar-refractivity contribution < 1.29 is 39.5 Å². The minimum absolute atomic E-state index is 0.00255. The van der Waals surface area contributed by atoms with E-state index in [-0.39, 0.29) is 41.9 Å². The first-order valence-electron chi connectivity index (χ1n) is 12.5. The van der Waals surface area contributed by atoms with Gasteiger partial charge < -0.3 is 35.8 Å². The molecule has 1 amide bonds. The second-order valence-electron chi connectivity index (χ2n) is 10.8. The van der Waals surface area contributed by atoms with Gasteiger partial charge in [-0.3, -0.25) is 14.5 Å². The molecule has 0 heterocycles. The van der Waals surface area contributed by atoms with Crippen molar-refractivity contribution in [3.8, 4) is 5.75 Å². The Bertz CT molecular complexity index is 1290. The van der Waals surface area contributed by atoms with E-state index < -0.39 is 64.1 Å². The molecular formula is C27H35N3O8. The summed E-state index contributed by atoms with van der Waals surface area (Å²) >= 11 is 0. The number of amides is 1. The van der Waals surface area contributed by atoms with E-state index in [2.05, 4.69) is 0 Å². The highest BCUT2D eigenvalue weighted by Crippen LogP contribution is 2.55. The Morgan fingerprint density at radius 3 is 2.34 bits per heavy atom. The molecule has 206 valence electrons. The topological polar surface area (TPSA) is 174 Å². The number of rotatable bonds is 5. The fourth-order valence-corrected chi connectivity index (χ4v) is 6.70. The number of anilines is 1. The van der Waals surface area contributed by atoms with Crippen molar-refractivity contribution >= 4 is 29.1 Å². The van der Waals surface area contributed by atoms with Crippen molar-refractivity contribution in [2.45, 2.75) is 38.3 Å². The van der Waals surface area contributed by atoms with Crippen molar-refractivity contribution in [2.75, 3.05) is 39.7 Å². The number of allylic oxidation sites excluding steroid dienone is 1. The molecule has 3 aliphatic carbocycles. The lowest BCUT2D eigenvalue weighted by molar-refractivity contribution is -0.139. The van der Waals surface area contributed by atoms with Crippen LogP contribution in [0, 0.1) is 17.8 Å². The van der Waals surface area contributed by atoms with Gasteiger partial charge in [0.25, 0.3) is 5.91 Å². The Balaban J connectivity index is 1.96. The molecule has 6 N–H and O–H groups in total. The maximum atomic E-state index is 14.1. The molecule has 1 aromatic rings. The maximum Gasteiger partial charge on any atom is 0.342 e. The summed E-state index contributed by atoms with van der Waals surface area (Å²) in [6.45, 7) is 2.97. The molecule has 4 rings (SSSR count). The lowest BCUT2D eigenvalue weighted by Gasteiger charge is -2.52. The number of aliphatic hydroxyl groups is 3. The van der Waals surface area contributed by atoms with Gasteiger partial charge in [0.2, 0.25) is 0 Å². The number of hydrogen-bond donors (Lipinski definition) is 5. The molecular weight excluding hydrogens is 494 g/mol. The second-order valence-corrected chi connectivity index (χ2v) is 10.8. The first-order valence-corrected chi connectivity index (χ1v) is 12.5. The molecule has 0 aromatic heterocycles. The zero-order valence-electron chi connectivity index (χ0n) is 22.4. The van der Waals surface area contributed by atoms with Gasteiger partial charge in [-0.1, -0.05) is 0 Å². The average molecular weight is 530 g/mol. The number of Topliss-reactive ketones (excluding diaryl/α,β-unsaturated/α-hetero) is 1. The third-order valence-electron chi connectivity index (χ3n) is 8.10. The number of nitrogens with two attached hydrogens (primary N) is 1. The SMILES string of the molecule is CCOC(=O)c1cc(N(C)C)c2c(c1O)C(O)=C1C(=O)C3C(CC1C2)[C@H](N(C)C)C(O)=C(C(N)=O)C3(C)O. The largest absolute Gasteiger partial charge is 0.510 e. The van der Waals surface area contributed by atoms with Crippen LogP contribution in [0.3, 0.4) is 0 Å². The molecule has 0 bridgehead atoms. The molecule has 1 fully saturated rings. The summed E-state index contributed by atoms with van der Waals surface area (Å²) < 4.78 is 5.08. The summed E-state index contributed by atoms with van der Waals surface area (Å²) in [5.41, 5.74) is 3.92. The van der Waals surface area contributed by atoms with E-state index in [1.165, 1.54) is 13.0 Å². The van der Waals surface area contributed by atoms with Crippen molar-refractivity contribution in [2.24, 2.45) is 23.5 Å². The van der Waals surface area contributed by atoms with Crippen molar-refractivity contribution in [1.29, 1.82) is 0 Å². The van der Waals surface area contributed by atoms with Crippen LogP contribution in [0.2, 0.25) is 0 Å². The van der Waals surface area contributed by atoms with Crippen LogP contribution in [0.5, 0.6) is 5.75 Å². The van der Waals surface area contributed by atoms with Crippen LogP contribution in [0.1, 0.15) is 41.8 Å². The number of primary amides is 1. The number of aliphatic hydroxyl groups excluding tert-OH is 2. The lowest BCUT2D eigenvalue weighted by Crippen LogP contribution is -2.61. The predicted molar refractivity (Wildman–Crippen MR) is 139 cm³/mol. The molecule has 1 aromatic carbocycles. The quantitative estimate of drug-likeness (QED) is 0.350. The summed E-state index contributed by atoms with van der Waals surface area (Å²) in [7, 11) is 6.90. The minimum atomic E-state index is -2.10. The summed E-state index contributed by atoms with van der Waals surface area (Å²) in [6.07, 6.45) is 0.543. The monoisotopic (exact) mass is 529 g/mol. The molecule has 1 saturated carbocycles. The van der Waals surface area contributed by atoms with E-state index in [4.69, 9.17) is 10.5 Å². The van der Waals surface area contributed by atoms with Crippen LogP contribution >= 0.6 is 0 Å². The highest BCUT2D eigenvalue weighted by Gasteiger charge is 2.60. The van der Waals surface area contributed by atoms with Crippen molar-refractivity contribution in [1.82, 2.24) is 4.90 Å². The first kappa shape index (κ1) is 27.5. The van der Waals surface area contributed by atoms with Gasteiger partial charge in [0.15, 0.2) is 5.78 Å². The number of ketones is 1. The van der Waals surface area contributed by atoms with E-state index in [0.717, 1.165) is 0 Å². The molecule has 0 radical (unpaired) electrons. The number of nitrogens with zero attached hydrogens (tertiary/aromatic N) is 2. The standard InChI is InChI=1S/C27H35N3O8/c1-7-38-26(36)14-10-15(29(3)4)12-8-11-9-13-18(23(33)16(11)22(32)17(12)21(14)31)27(2,37)19(25(28)35)24(34)20(13)30(5)6/h10-11,13,18,20,31-32,34,37H,7-9H2,1-6H3,(H2,28,35)/t11?,13?,18?,20-,27?/m0/s1. The van der Waals surface area contributed by atoms with Gasteiger partial charge in [0, 0.05) is 25.4 Å². The first-order chi connectivity index (χ1) is 17.7. The molecule has 4 unspecified atom stereocenters. The van der Waals surface area contributed by atoms with Gasteiger partial charge in [0.05, 0.1) is 29.7 Å². The van der Waals surface area contributed by atoms with Gasteiger partial charge >= 0.3 is 5.97 Å². The van der Waals surface area contributed by atoms with E-state index in [1.54, 1.807) is 44.9 Å². The van der Waals surface area contributed by atoms with E-state index in [1.807, 2.05) is 0 Å². The Morgan fingerprint density at radius 1 is 1.18 bits per heavy atom. The van der Waals surface area contributed by atoms with Crippen LogP contribution in [0.25, 0.3) is 5.76 Å². The van der Waals surface area contributed by atoms with Crippen molar-refractivity contribution in [3.05, 3.63) is 39.7 Å². The number of phenols is 1. The normalized spacial score (nSPS) is 28.6. The number of hydrogen-bond acceptors (Lipinski definition) is 10. The van der Waals surface area contributed by atoms with Gasteiger partial charge in [-0.2, -0.15) is 0 Å². The van der Waals surface area contributed by atoms with Crippen LogP contribution in [0.4, 0.5) is 5.69 Å². The Morgan fingerprint density at radius 2 is 1.82 bits per heavy atom. The highest BCUT2D eigenvalue weighted by molar-refractivity contribution is 6.09. The second kappa shape index (κ2) is 9.32. The van der Waals surface area contributed by atoms with Crippen LogP contribution in [-0.2, 0) is 20.7 Å². The zero-order valence-corrected chi connectivity index (χ0v) is 22.4. The molecule has 38 heavy (non-hydrogen) atoms. The number of ether oxygens (including phenoxy) is 1. The smallest absolute Gasteiger partial charge is 0.342 e. The minimum Gasteiger partial charge on any atom is -0.510 e. The van der Waals surface area contributed by atoms with E-state index in [9.17, 15) is 34.8 Å². The Kier molecular flexibility index (Phi) is 6.73. The van der Waals surface area contributed by atoms with Crippen LogP contribution in [-0.4, -0.2) is 89.4 Å². The maximum absolute atomic E-state index is 14.1. The zero-order chi connectivity index (χ0) is 28.4. The summed E-state index contributed by atoms with van der Waals surface area (Å²) in [4.78, 5) is 42.4. The average Bonchev–Trinajstić information content (AvgIpc) is 2.77. The van der Waals surface area contributed by atoms with Gasteiger partial charge in [-0.05, 0) is 64.3 Å². The Labute approximate surface area is 220 Å². The number of fused-ring (bicyclic) bond motifs is 3. The number of carbonyl (C=O) groups is 3. The lowest BCUT2D eigenvalue weighted by atomic mass is 9.55. The molecule has 11 nitrogen and oxygen atoms in total. The summed E-state index contributed by atoms with van der Waals surface area (Å²) in [5.74, 6) is -6.11. The number of likely N-dealkylation sites (N-methyl/N-ethyl adjacent to an activating group) is 1. The molecule has 3 aliphatic rings. The van der Waals surface area contributed by atoms with Gasteiger partial charge in [0.1, 0.15) is 28.4 Å². The molecule has 0 aliphatic heterocycles. The number of esters is 1. The number of benzene rings is 1. The third-order valence-corrected chi connectivity index (χ3v) is 8.10. The van der Waals surface area contributed by atoms with Crippen LogP contribution < -0.4 is 10.6 Å². The van der Waals surface area contributed by atoms with Crippen molar-refractivity contribution in [3.63, 3.8) is 0 Å². The molecule has 0 spiro atoms. The van der Waals surface area contributed by atoms with Gasteiger partial charge in [-0.15, -0.1) is 0 Å². The van der Waals surface area contributed by atoms with E-state index in [0.29, 0.717) is 11.3 Å².